The Hall–Kier alpha value is -4.92. The van der Waals surface area contributed by atoms with Gasteiger partial charge in [-0.2, -0.15) is 0 Å². The average Bonchev–Trinajstić information content (AvgIpc) is 4.07. The van der Waals surface area contributed by atoms with Crippen molar-refractivity contribution in [3.63, 3.8) is 0 Å². The largest absolute Gasteiger partial charge is 0.376 e. The lowest BCUT2D eigenvalue weighted by Crippen LogP contribution is -2.33. The molecule has 1 saturated carbocycles. The van der Waals surface area contributed by atoms with Crippen LogP contribution in [-0.2, 0) is 21.4 Å². The molecule has 0 radical (unpaired) electrons. The lowest BCUT2D eigenvalue weighted by atomic mass is 9.99. The number of hydrogen-bond donors (Lipinski definition) is 2. The molecule has 0 spiro atoms. The van der Waals surface area contributed by atoms with Gasteiger partial charge in [-0.15, -0.1) is 11.8 Å². The van der Waals surface area contributed by atoms with Crippen molar-refractivity contribution in [3.05, 3.63) is 154 Å². The molecule has 5 rings (SSSR count). The first kappa shape index (κ1) is 47.1. The van der Waals surface area contributed by atoms with Gasteiger partial charge in [-0.05, 0) is 112 Å². The summed E-state index contributed by atoms with van der Waals surface area (Å²) in [6.45, 7) is 12.6. The van der Waals surface area contributed by atoms with Crippen LogP contribution >= 0.6 is 23.4 Å². The van der Waals surface area contributed by atoms with Crippen LogP contribution < -0.4 is 10.0 Å². The first-order chi connectivity index (χ1) is 29.2. The SMILES string of the molecule is C=C(C)CN(C)CC[C@H](CSc1ccccc1)Nc1ccc(S(=O)(=O)NC(=O)/C=C/C=C(\C2CC2)N(CC)CCN(C)Cc2ccccc2-c2ccc(Cl)cc2)cc1[N+](=O)[O-]. The van der Waals surface area contributed by atoms with Crippen molar-refractivity contribution in [3.8, 4) is 11.1 Å². The van der Waals surface area contributed by atoms with Crippen LogP contribution in [0.5, 0.6) is 0 Å². The van der Waals surface area contributed by atoms with Gasteiger partial charge in [0.1, 0.15) is 5.69 Å². The van der Waals surface area contributed by atoms with Crippen molar-refractivity contribution in [2.45, 2.75) is 55.5 Å². The topological polar surface area (TPSA) is 128 Å². The summed E-state index contributed by atoms with van der Waals surface area (Å²) >= 11 is 7.77. The van der Waals surface area contributed by atoms with E-state index in [1.807, 2.05) is 80.7 Å². The molecular formula is C47H57ClN6O5S2. The maximum atomic E-state index is 13.4. The van der Waals surface area contributed by atoms with E-state index in [1.54, 1.807) is 17.8 Å². The number of likely N-dealkylation sites (N-methyl/N-ethyl adjacent to an activating group) is 3. The van der Waals surface area contributed by atoms with Gasteiger partial charge in [-0.1, -0.05) is 84.4 Å². The number of nitrogens with zero attached hydrogens (tertiary/aromatic N) is 4. The zero-order valence-corrected chi connectivity index (χ0v) is 37.8. The Morgan fingerprint density at radius 1 is 0.984 bits per heavy atom. The highest BCUT2D eigenvalue weighted by molar-refractivity contribution is 7.99. The average molecular weight is 886 g/mol. The zero-order valence-electron chi connectivity index (χ0n) is 35.4. The molecule has 0 aliphatic heterocycles. The molecular weight excluding hydrogens is 828 g/mol. The van der Waals surface area contributed by atoms with Gasteiger partial charge >= 0.3 is 0 Å². The van der Waals surface area contributed by atoms with Crippen molar-refractivity contribution >= 4 is 50.7 Å². The van der Waals surface area contributed by atoms with E-state index in [2.05, 4.69) is 63.5 Å². The Morgan fingerprint density at radius 3 is 2.36 bits per heavy atom. The second-order valence-corrected chi connectivity index (χ2v) is 18.8. The number of thioether (sulfide) groups is 1. The second kappa shape index (κ2) is 22.8. The molecule has 0 saturated heterocycles. The highest BCUT2D eigenvalue weighted by Crippen LogP contribution is 2.38. The molecule has 324 valence electrons. The molecule has 0 unspecified atom stereocenters. The summed E-state index contributed by atoms with van der Waals surface area (Å²) < 4.78 is 28.8. The number of rotatable bonds is 24. The Kier molecular flexibility index (Phi) is 17.6. The van der Waals surface area contributed by atoms with Crippen LogP contribution in [0.2, 0.25) is 5.02 Å². The molecule has 4 aromatic carbocycles. The summed E-state index contributed by atoms with van der Waals surface area (Å²) in [5.41, 5.74) is 5.43. The van der Waals surface area contributed by atoms with E-state index >= 15 is 0 Å². The molecule has 61 heavy (non-hydrogen) atoms. The minimum absolute atomic E-state index is 0.176. The van der Waals surface area contributed by atoms with Crippen molar-refractivity contribution < 1.29 is 18.1 Å². The Bertz CT molecular complexity index is 2280. The first-order valence-electron chi connectivity index (χ1n) is 20.5. The predicted molar refractivity (Wildman–Crippen MR) is 250 cm³/mol. The third-order valence-electron chi connectivity index (χ3n) is 10.3. The van der Waals surface area contributed by atoms with E-state index in [9.17, 15) is 23.3 Å². The zero-order chi connectivity index (χ0) is 43.9. The van der Waals surface area contributed by atoms with Crippen LogP contribution in [0.3, 0.4) is 0 Å². The van der Waals surface area contributed by atoms with Gasteiger partial charge in [0, 0.05) is 78.8 Å². The third kappa shape index (κ3) is 14.9. The lowest BCUT2D eigenvalue weighted by molar-refractivity contribution is -0.384. The Morgan fingerprint density at radius 2 is 1.69 bits per heavy atom. The number of sulfonamides is 1. The van der Waals surface area contributed by atoms with Gasteiger partial charge in [0.25, 0.3) is 21.6 Å². The molecule has 1 aliphatic rings. The summed E-state index contributed by atoms with van der Waals surface area (Å²) in [5, 5.41) is 16.3. The molecule has 0 bridgehead atoms. The van der Waals surface area contributed by atoms with Crippen molar-refractivity contribution in [2.24, 2.45) is 5.92 Å². The lowest BCUT2D eigenvalue weighted by Gasteiger charge is -2.29. The molecule has 0 heterocycles. The molecule has 1 fully saturated rings. The summed E-state index contributed by atoms with van der Waals surface area (Å²) in [6, 6.07) is 29.6. The Labute approximate surface area is 370 Å². The van der Waals surface area contributed by atoms with Crippen molar-refractivity contribution in [1.82, 2.24) is 19.4 Å². The number of allylic oxidation sites excluding steroid dienone is 3. The number of carbonyl (C=O) groups is 1. The van der Waals surface area contributed by atoms with Gasteiger partial charge in [0.15, 0.2) is 0 Å². The van der Waals surface area contributed by atoms with Crippen molar-refractivity contribution in [1.29, 1.82) is 0 Å². The number of amides is 1. The molecule has 14 heteroatoms. The minimum Gasteiger partial charge on any atom is -0.376 e. The summed E-state index contributed by atoms with van der Waals surface area (Å²) in [4.78, 5) is 32.1. The fourth-order valence-electron chi connectivity index (χ4n) is 7.04. The van der Waals surface area contributed by atoms with E-state index in [0.717, 1.165) is 73.4 Å². The smallest absolute Gasteiger partial charge is 0.293 e. The van der Waals surface area contributed by atoms with E-state index in [1.165, 1.54) is 29.3 Å². The number of nitro groups is 1. The summed E-state index contributed by atoms with van der Waals surface area (Å²) in [6.07, 6.45) is 7.40. The molecule has 1 aliphatic carbocycles. The number of benzene rings is 4. The summed E-state index contributed by atoms with van der Waals surface area (Å²) in [5.74, 6) is 0.138. The van der Waals surface area contributed by atoms with E-state index in [-0.39, 0.29) is 16.6 Å². The van der Waals surface area contributed by atoms with Crippen LogP contribution in [-0.4, -0.2) is 92.6 Å². The van der Waals surface area contributed by atoms with Gasteiger partial charge in [0.05, 0.1) is 9.82 Å². The molecule has 4 aromatic rings. The van der Waals surface area contributed by atoms with Crippen LogP contribution in [0.15, 0.2) is 143 Å². The van der Waals surface area contributed by atoms with E-state index < -0.39 is 26.5 Å². The van der Waals surface area contributed by atoms with Crippen LogP contribution in [0, 0.1) is 16.0 Å². The fourth-order valence-corrected chi connectivity index (χ4v) is 9.12. The van der Waals surface area contributed by atoms with Crippen LogP contribution in [0.4, 0.5) is 11.4 Å². The maximum Gasteiger partial charge on any atom is 0.293 e. The van der Waals surface area contributed by atoms with Gasteiger partial charge in [-0.3, -0.25) is 14.9 Å². The first-order valence-corrected chi connectivity index (χ1v) is 23.3. The molecule has 1 atom stereocenters. The second-order valence-electron chi connectivity index (χ2n) is 15.6. The molecule has 11 nitrogen and oxygen atoms in total. The van der Waals surface area contributed by atoms with Gasteiger partial charge < -0.3 is 20.0 Å². The molecule has 1 amide bonds. The number of halogens is 1. The maximum absolute atomic E-state index is 13.4. The highest BCUT2D eigenvalue weighted by atomic mass is 35.5. The Balaban J connectivity index is 1.21. The van der Waals surface area contributed by atoms with E-state index in [4.69, 9.17) is 11.6 Å². The normalized spacial score (nSPS) is 13.7. The number of nitrogens with one attached hydrogen (secondary N) is 2. The van der Waals surface area contributed by atoms with Crippen molar-refractivity contribution in [2.75, 3.05) is 57.9 Å². The standard InChI is InChI=1S/C47H57ClN6O5S2/c1-6-53(30-29-52(5)33-38-13-10-11-16-43(38)36-21-23-39(48)24-22-36)45(37-19-20-37)17-12-18-47(55)50-61(58,59)42-25-26-44(46(31-42)54(56)57)49-40(27-28-51(4)32-35(2)3)34-60-41-14-8-7-9-15-41/h7-18,21-26,31,37,40,49H,2,6,19-20,27-30,32-34H2,1,3-5H3,(H,50,55)/b18-12+,45-17+/t40-/m1/s1. The molecule has 2 N–H and O–H groups in total. The number of nitro benzene ring substituents is 1. The predicted octanol–water partition coefficient (Wildman–Crippen LogP) is 9.49. The minimum atomic E-state index is -4.43. The van der Waals surface area contributed by atoms with E-state index in [0.29, 0.717) is 29.7 Å². The summed E-state index contributed by atoms with van der Waals surface area (Å²) in [7, 11) is -0.327. The number of anilines is 1. The fraction of sp³-hybridized carbons (Fsp3) is 0.340. The van der Waals surface area contributed by atoms with Crippen LogP contribution in [0.25, 0.3) is 11.1 Å². The van der Waals surface area contributed by atoms with Gasteiger partial charge in [0.2, 0.25) is 0 Å². The number of hydrogen-bond acceptors (Lipinski definition) is 10. The third-order valence-corrected chi connectivity index (χ3v) is 13.1. The number of carbonyl (C=O) groups excluding carboxylic acids is 1. The van der Waals surface area contributed by atoms with Gasteiger partial charge in [-0.25, -0.2) is 13.1 Å². The quantitative estimate of drug-likeness (QED) is 0.0175. The monoisotopic (exact) mass is 884 g/mol. The molecule has 0 aromatic heterocycles. The van der Waals surface area contributed by atoms with Crippen LogP contribution in [0.1, 0.15) is 38.7 Å². The highest BCUT2D eigenvalue weighted by Gasteiger charge is 2.29.